The third-order valence-corrected chi connectivity index (χ3v) is 3.27. The summed E-state index contributed by atoms with van der Waals surface area (Å²) < 4.78 is 1.42. The first-order chi connectivity index (χ1) is 9.36. The summed E-state index contributed by atoms with van der Waals surface area (Å²) in [5, 5.41) is 18.0. The second kappa shape index (κ2) is 4.91. The molecule has 1 aliphatic heterocycles. The summed E-state index contributed by atoms with van der Waals surface area (Å²) in [6, 6.07) is -0.785. The molecule has 1 saturated heterocycles. The number of aryl methyl sites for hydroxylation is 2. The van der Waals surface area contributed by atoms with Gasteiger partial charge in [-0.2, -0.15) is 5.10 Å². The molecule has 1 fully saturated rings. The second-order valence-corrected chi connectivity index (χ2v) is 4.55. The zero-order valence-electron chi connectivity index (χ0n) is 11.4. The molecule has 0 radical (unpaired) electrons. The van der Waals surface area contributed by atoms with Crippen LogP contribution < -0.4 is 5.32 Å². The van der Waals surface area contributed by atoms with Gasteiger partial charge in [-0.3, -0.25) is 24.6 Å². The molecule has 0 bridgehead atoms. The Morgan fingerprint density at radius 3 is 2.60 bits per heavy atom. The van der Waals surface area contributed by atoms with Crippen molar-refractivity contribution in [3.05, 3.63) is 15.8 Å². The molecule has 1 unspecified atom stereocenters. The highest BCUT2D eigenvalue weighted by Gasteiger charge is 2.38. The van der Waals surface area contributed by atoms with Crippen molar-refractivity contribution in [2.24, 2.45) is 0 Å². The van der Waals surface area contributed by atoms with E-state index in [2.05, 4.69) is 10.4 Å². The second-order valence-electron chi connectivity index (χ2n) is 4.55. The zero-order chi connectivity index (χ0) is 15.0. The number of carbonyl (C=O) groups excluding carboxylic acids is 2. The number of hydrogen-bond acceptors (Lipinski definition) is 6. The average Bonchev–Trinajstić information content (AvgIpc) is 2.82. The van der Waals surface area contributed by atoms with E-state index >= 15 is 0 Å². The number of aromatic nitrogens is 2. The van der Waals surface area contributed by atoms with Crippen LogP contribution in [0.2, 0.25) is 0 Å². The molecule has 2 heterocycles. The van der Waals surface area contributed by atoms with Gasteiger partial charge in [0, 0.05) is 13.6 Å². The molecule has 0 aliphatic carbocycles. The van der Waals surface area contributed by atoms with E-state index in [1.54, 1.807) is 6.92 Å². The number of carbonyl (C=O) groups is 2. The Labute approximate surface area is 114 Å². The molecule has 1 atom stereocenters. The highest BCUT2D eigenvalue weighted by molar-refractivity contribution is 6.06. The maximum absolute atomic E-state index is 11.9. The van der Waals surface area contributed by atoms with Crippen LogP contribution in [0.5, 0.6) is 0 Å². The lowest BCUT2D eigenvalue weighted by molar-refractivity contribution is -0.384. The van der Waals surface area contributed by atoms with Crippen LogP contribution in [0.1, 0.15) is 19.0 Å². The maximum atomic E-state index is 11.9. The summed E-state index contributed by atoms with van der Waals surface area (Å²) in [5.41, 5.74) is 0.103. The van der Waals surface area contributed by atoms with Crippen molar-refractivity contribution in [1.82, 2.24) is 14.7 Å². The van der Waals surface area contributed by atoms with Crippen LogP contribution in [0.3, 0.4) is 0 Å². The Morgan fingerprint density at radius 2 is 2.15 bits per heavy atom. The number of hydrogen-bond donors (Lipinski definition) is 1. The van der Waals surface area contributed by atoms with Gasteiger partial charge in [-0.25, -0.2) is 4.68 Å². The molecule has 1 N–H and O–H groups in total. The fraction of sp³-hybridized carbons (Fsp3) is 0.545. The Bertz CT molecular complexity index is 594. The van der Waals surface area contributed by atoms with Crippen LogP contribution in [0, 0.1) is 17.0 Å². The Balaban J connectivity index is 2.36. The predicted molar refractivity (Wildman–Crippen MR) is 69.1 cm³/mol. The average molecular weight is 281 g/mol. The molecule has 0 spiro atoms. The Kier molecular flexibility index (Phi) is 3.43. The van der Waals surface area contributed by atoms with Crippen LogP contribution in [-0.2, 0) is 16.1 Å². The number of imide groups is 1. The summed E-state index contributed by atoms with van der Waals surface area (Å²) in [5.74, 6) is -0.545. The first-order valence-electron chi connectivity index (χ1n) is 6.15. The molecule has 9 heteroatoms. The highest BCUT2D eigenvalue weighted by Crippen LogP contribution is 2.30. The standard InChI is InChI=1S/C11H15N5O4/c1-4-15-10(9(16(19)20)6(2)13-15)12-7-5-8(17)14(3)11(7)18/h7,12H,4-5H2,1-3H3. The van der Waals surface area contributed by atoms with E-state index in [0.717, 1.165) is 4.90 Å². The van der Waals surface area contributed by atoms with E-state index in [4.69, 9.17) is 0 Å². The number of rotatable bonds is 4. The van der Waals surface area contributed by atoms with Gasteiger partial charge in [0.25, 0.3) is 5.91 Å². The van der Waals surface area contributed by atoms with Crippen LogP contribution in [0.4, 0.5) is 11.5 Å². The number of nitrogens with one attached hydrogen (secondary N) is 1. The van der Waals surface area contributed by atoms with Crippen molar-refractivity contribution in [2.45, 2.75) is 32.9 Å². The third kappa shape index (κ3) is 2.10. The molecule has 1 aliphatic rings. The number of nitro groups is 1. The first-order valence-corrected chi connectivity index (χ1v) is 6.15. The molecule has 0 saturated carbocycles. The fourth-order valence-electron chi connectivity index (χ4n) is 2.20. The van der Waals surface area contributed by atoms with Crippen LogP contribution >= 0.6 is 0 Å². The summed E-state index contributed by atoms with van der Waals surface area (Å²) in [4.78, 5) is 34.9. The predicted octanol–water partition coefficient (Wildman–Crippen LogP) is 0.289. The molecule has 9 nitrogen and oxygen atoms in total. The van der Waals surface area contributed by atoms with E-state index in [1.807, 2.05) is 0 Å². The molecular formula is C11H15N5O4. The number of likely N-dealkylation sites (tertiary alicyclic amines) is 1. The normalized spacial score (nSPS) is 18.8. The molecule has 1 aromatic rings. The van der Waals surface area contributed by atoms with Gasteiger partial charge in [0.1, 0.15) is 11.7 Å². The van der Waals surface area contributed by atoms with E-state index in [0.29, 0.717) is 6.54 Å². The summed E-state index contributed by atoms with van der Waals surface area (Å²) >= 11 is 0. The van der Waals surface area contributed by atoms with Crippen molar-refractivity contribution < 1.29 is 14.5 Å². The Hall–Kier alpha value is -2.45. The minimum atomic E-state index is -0.785. The number of anilines is 1. The summed E-state index contributed by atoms with van der Waals surface area (Å²) in [7, 11) is 1.39. The molecule has 108 valence electrons. The highest BCUT2D eigenvalue weighted by atomic mass is 16.6. The lowest BCUT2D eigenvalue weighted by Crippen LogP contribution is -2.32. The minimum absolute atomic E-state index is 0.0135. The summed E-state index contributed by atoms with van der Waals surface area (Å²) in [6.07, 6.45) is -0.0135. The first kappa shape index (κ1) is 14.0. The molecule has 2 rings (SSSR count). The molecular weight excluding hydrogens is 266 g/mol. The van der Waals surface area contributed by atoms with E-state index < -0.39 is 16.9 Å². The number of nitrogens with zero attached hydrogens (tertiary/aromatic N) is 4. The molecule has 1 aromatic heterocycles. The van der Waals surface area contributed by atoms with Gasteiger partial charge in [0.15, 0.2) is 0 Å². The van der Waals surface area contributed by atoms with Gasteiger partial charge in [0.05, 0.1) is 11.3 Å². The topological polar surface area (TPSA) is 110 Å². The van der Waals surface area contributed by atoms with Gasteiger partial charge in [-0.1, -0.05) is 0 Å². The lowest BCUT2D eigenvalue weighted by atomic mass is 10.2. The quantitative estimate of drug-likeness (QED) is 0.482. The summed E-state index contributed by atoms with van der Waals surface area (Å²) in [6.45, 7) is 3.74. The molecule has 0 aromatic carbocycles. The largest absolute Gasteiger partial charge is 0.352 e. The van der Waals surface area contributed by atoms with E-state index in [9.17, 15) is 19.7 Å². The van der Waals surface area contributed by atoms with Gasteiger partial charge in [-0.15, -0.1) is 0 Å². The van der Waals surface area contributed by atoms with Crippen molar-refractivity contribution in [3.63, 3.8) is 0 Å². The van der Waals surface area contributed by atoms with Crippen LogP contribution in [0.25, 0.3) is 0 Å². The number of likely N-dealkylation sites (N-methyl/N-ethyl adjacent to an activating group) is 1. The van der Waals surface area contributed by atoms with Gasteiger partial charge >= 0.3 is 5.69 Å². The van der Waals surface area contributed by atoms with Crippen LogP contribution in [-0.4, -0.2) is 44.5 Å². The smallest absolute Gasteiger partial charge is 0.333 e. The van der Waals surface area contributed by atoms with Gasteiger partial charge in [-0.05, 0) is 13.8 Å². The van der Waals surface area contributed by atoms with E-state index in [1.165, 1.54) is 18.7 Å². The SMILES string of the molecule is CCn1nc(C)c([N+](=O)[O-])c1NC1CC(=O)N(C)C1=O. The van der Waals surface area contributed by atoms with Crippen LogP contribution in [0.15, 0.2) is 0 Å². The van der Waals surface area contributed by atoms with Crippen molar-refractivity contribution in [3.8, 4) is 0 Å². The fourth-order valence-corrected chi connectivity index (χ4v) is 2.20. The number of amides is 2. The van der Waals surface area contributed by atoms with Gasteiger partial charge in [0.2, 0.25) is 11.7 Å². The van der Waals surface area contributed by atoms with Crippen molar-refractivity contribution in [2.75, 3.05) is 12.4 Å². The zero-order valence-corrected chi connectivity index (χ0v) is 11.4. The van der Waals surface area contributed by atoms with Crippen molar-refractivity contribution in [1.29, 1.82) is 0 Å². The third-order valence-electron chi connectivity index (χ3n) is 3.27. The molecule has 2 amide bonds. The van der Waals surface area contributed by atoms with E-state index in [-0.39, 0.29) is 29.5 Å². The Morgan fingerprint density at radius 1 is 1.50 bits per heavy atom. The van der Waals surface area contributed by atoms with Crippen molar-refractivity contribution >= 4 is 23.3 Å². The molecule has 20 heavy (non-hydrogen) atoms. The maximum Gasteiger partial charge on any atom is 0.333 e. The van der Waals surface area contributed by atoms with Gasteiger partial charge < -0.3 is 5.32 Å². The monoisotopic (exact) mass is 281 g/mol. The lowest BCUT2D eigenvalue weighted by Gasteiger charge is -2.12. The minimum Gasteiger partial charge on any atom is -0.352 e.